The molecule has 1 atom stereocenters. The second-order valence-electron chi connectivity index (χ2n) is 7.78. The molecule has 4 rings (SSSR count). The van der Waals surface area contributed by atoms with Crippen LogP contribution in [0.3, 0.4) is 0 Å². The van der Waals surface area contributed by atoms with Crippen LogP contribution in [0, 0.1) is 6.92 Å². The molecular weight excluding hydrogens is 378 g/mol. The van der Waals surface area contributed by atoms with Gasteiger partial charge < -0.3 is 16.0 Å². The Hall–Kier alpha value is -3.48. The van der Waals surface area contributed by atoms with Gasteiger partial charge in [-0.2, -0.15) is 0 Å². The number of aromatic nitrogens is 2. The fourth-order valence-corrected chi connectivity index (χ4v) is 3.89. The van der Waals surface area contributed by atoms with E-state index in [0.717, 1.165) is 42.6 Å². The Morgan fingerprint density at radius 2 is 1.90 bits per heavy atom. The lowest BCUT2D eigenvalue weighted by Gasteiger charge is -2.34. The Balaban J connectivity index is 1.79. The first-order chi connectivity index (χ1) is 14.4. The summed E-state index contributed by atoms with van der Waals surface area (Å²) < 4.78 is 0. The maximum absolute atomic E-state index is 13.4. The topological polar surface area (TPSA) is 101 Å². The third kappa shape index (κ3) is 3.83. The number of anilines is 2. The monoisotopic (exact) mass is 403 g/mol. The van der Waals surface area contributed by atoms with Crippen LogP contribution in [-0.2, 0) is 0 Å². The Morgan fingerprint density at radius 3 is 2.60 bits per heavy atom. The molecule has 2 amide bonds. The molecule has 0 spiro atoms. The molecule has 0 bridgehead atoms. The van der Waals surface area contributed by atoms with Crippen LogP contribution in [0.15, 0.2) is 42.6 Å². The number of hydrogen-bond donors (Lipinski definition) is 2. The number of primary amides is 1. The standard InChI is InChI=1S/C23H25N5O2/c1-14-6-11-18-20(27-17-9-7-16(8-10-17)21(24)29)19(13-25-22(18)26-14)23(30)28-12-4-3-5-15(28)2/h6-11,13,15H,3-5,12H2,1-2H3,(H2,24,29)(H,25,26,27)/t15-/m1/s1. The van der Waals surface area contributed by atoms with Crippen LogP contribution >= 0.6 is 0 Å². The van der Waals surface area contributed by atoms with Crippen LogP contribution in [0.4, 0.5) is 11.4 Å². The van der Waals surface area contributed by atoms with Crippen LogP contribution in [-0.4, -0.2) is 39.3 Å². The smallest absolute Gasteiger partial charge is 0.257 e. The van der Waals surface area contributed by atoms with Gasteiger partial charge in [0.2, 0.25) is 5.91 Å². The average molecular weight is 403 g/mol. The molecule has 1 aromatic carbocycles. The lowest BCUT2D eigenvalue weighted by molar-refractivity contribution is 0.0636. The molecule has 7 nitrogen and oxygen atoms in total. The molecule has 7 heteroatoms. The van der Waals surface area contributed by atoms with E-state index in [2.05, 4.69) is 22.2 Å². The molecule has 1 aliphatic heterocycles. The molecule has 154 valence electrons. The summed E-state index contributed by atoms with van der Waals surface area (Å²) in [5, 5.41) is 4.13. The van der Waals surface area contributed by atoms with E-state index < -0.39 is 5.91 Å². The fraction of sp³-hybridized carbons (Fsp3) is 0.304. The molecule has 3 N–H and O–H groups in total. The van der Waals surface area contributed by atoms with Crippen molar-refractivity contribution in [2.45, 2.75) is 39.2 Å². The summed E-state index contributed by atoms with van der Waals surface area (Å²) in [4.78, 5) is 35.7. The van der Waals surface area contributed by atoms with E-state index in [1.54, 1.807) is 30.5 Å². The number of hydrogen-bond acceptors (Lipinski definition) is 5. The summed E-state index contributed by atoms with van der Waals surface area (Å²) in [6, 6.07) is 10.9. The second kappa shape index (κ2) is 8.10. The number of nitrogens with zero attached hydrogens (tertiary/aromatic N) is 3. The van der Waals surface area contributed by atoms with E-state index in [1.807, 2.05) is 24.0 Å². The molecular formula is C23H25N5O2. The molecule has 0 unspecified atom stereocenters. The van der Waals surface area contributed by atoms with Gasteiger partial charge in [-0.25, -0.2) is 9.97 Å². The summed E-state index contributed by atoms with van der Waals surface area (Å²) in [7, 11) is 0. The van der Waals surface area contributed by atoms with Gasteiger partial charge in [-0.1, -0.05) is 0 Å². The third-order valence-corrected chi connectivity index (χ3v) is 5.60. The van der Waals surface area contributed by atoms with Gasteiger partial charge in [-0.05, 0) is 69.5 Å². The summed E-state index contributed by atoms with van der Waals surface area (Å²) >= 11 is 0. The first kappa shape index (κ1) is 19.8. The van der Waals surface area contributed by atoms with Gasteiger partial charge in [0, 0.05) is 41.1 Å². The Kier molecular flexibility index (Phi) is 5.35. The fourth-order valence-electron chi connectivity index (χ4n) is 3.89. The van der Waals surface area contributed by atoms with E-state index in [-0.39, 0.29) is 11.9 Å². The number of piperidine rings is 1. The van der Waals surface area contributed by atoms with Crippen LogP contribution in [0.25, 0.3) is 11.0 Å². The molecule has 0 saturated carbocycles. The molecule has 0 radical (unpaired) electrons. The minimum atomic E-state index is -0.481. The summed E-state index contributed by atoms with van der Waals surface area (Å²) in [6.45, 7) is 4.74. The maximum atomic E-state index is 13.4. The normalized spacial score (nSPS) is 16.5. The minimum Gasteiger partial charge on any atom is -0.366 e. The summed E-state index contributed by atoms with van der Waals surface area (Å²) in [6.07, 6.45) is 4.76. The van der Waals surface area contributed by atoms with Crippen molar-refractivity contribution in [1.29, 1.82) is 0 Å². The van der Waals surface area contributed by atoms with Gasteiger partial charge in [0.25, 0.3) is 5.91 Å². The number of nitrogens with one attached hydrogen (secondary N) is 1. The molecule has 1 aliphatic rings. The van der Waals surface area contributed by atoms with Crippen molar-refractivity contribution in [3.63, 3.8) is 0 Å². The molecule has 3 heterocycles. The second-order valence-corrected chi connectivity index (χ2v) is 7.78. The average Bonchev–Trinajstić information content (AvgIpc) is 2.74. The Morgan fingerprint density at radius 1 is 1.13 bits per heavy atom. The minimum absolute atomic E-state index is 0.0339. The zero-order chi connectivity index (χ0) is 21.3. The predicted molar refractivity (Wildman–Crippen MR) is 117 cm³/mol. The van der Waals surface area contributed by atoms with Gasteiger partial charge >= 0.3 is 0 Å². The third-order valence-electron chi connectivity index (χ3n) is 5.60. The molecule has 1 saturated heterocycles. The van der Waals surface area contributed by atoms with Crippen LogP contribution in [0.2, 0.25) is 0 Å². The van der Waals surface area contributed by atoms with Crippen molar-refractivity contribution in [3.8, 4) is 0 Å². The largest absolute Gasteiger partial charge is 0.366 e. The summed E-state index contributed by atoms with van der Waals surface area (Å²) in [5.41, 5.74) is 9.13. The summed E-state index contributed by atoms with van der Waals surface area (Å²) in [5.74, 6) is -0.515. The van der Waals surface area contributed by atoms with Gasteiger partial charge in [-0.3, -0.25) is 9.59 Å². The highest BCUT2D eigenvalue weighted by Crippen LogP contribution is 2.31. The van der Waals surface area contributed by atoms with Gasteiger partial charge in [-0.15, -0.1) is 0 Å². The SMILES string of the molecule is Cc1ccc2c(Nc3ccc(C(N)=O)cc3)c(C(=O)N3CCCC[C@H]3C)cnc2n1. The molecule has 1 fully saturated rings. The molecule has 3 aromatic rings. The number of likely N-dealkylation sites (tertiary alicyclic amines) is 1. The highest BCUT2D eigenvalue weighted by molar-refractivity contribution is 6.07. The highest BCUT2D eigenvalue weighted by atomic mass is 16.2. The van der Waals surface area contributed by atoms with E-state index in [0.29, 0.717) is 22.5 Å². The number of carbonyl (C=O) groups is 2. The number of benzene rings is 1. The molecule has 30 heavy (non-hydrogen) atoms. The van der Waals surface area contributed by atoms with Crippen molar-refractivity contribution >= 4 is 34.2 Å². The van der Waals surface area contributed by atoms with Gasteiger partial charge in [0.05, 0.1) is 11.3 Å². The van der Waals surface area contributed by atoms with Crippen molar-refractivity contribution in [1.82, 2.24) is 14.9 Å². The number of carbonyl (C=O) groups excluding carboxylic acids is 2. The first-order valence-electron chi connectivity index (χ1n) is 10.2. The lowest BCUT2D eigenvalue weighted by atomic mass is 10.0. The lowest BCUT2D eigenvalue weighted by Crippen LogP contribution is -2.42. The Bertz CT molecular complexity index is 1110. The number of fused-ring (bicyclic) bond motifs is 1. The maximum Gasteiger partial charge on any atom is 0.257 e. The van der Waals surface area contributed by atoms with Crippen molar-refractivity contribution in [2.75, 3.05) is 11.9 Å². The number of aryl methyl sites for hydroxylation is 1. The quantitative estimate of drug-likeness (QED) is 0.690. The number of amides is 2. The van der Waals surface area contributed by atoms with Gasteiger partial charge in [0.1, 0.15) is 0 Å². The van der Waals surface area contributed by atoms with Crippen LogP contribution in [0.5, 0.6) is 0 Å². The zero-order valence-corrected chi connectivity index (χ0v) is 17.2. The predicted octanol–water partition coefficient (Wildman–Crippen LogP) is 3.80. The van der Waals surface area contributed by atoms with Crippen LogP contribution in [0.1, 0.15) is 52.6 Å². The van der Waals surface area contributed by atoms with Gasteiger partial charge in [0.15, 0.2) is 5.65 Å². The zero-order valence-electron chi connectivity index (χ0n) is 17.2. The first-order valence-corrected chi connectivity index (χ1v) is 10.2. The van der Waals surface area contributed by atoms with Crippen molar-refractivity contribution < 1.29 is 9.59 Å². The number of pyridine rings is 2. The van der Waals surface area contributed by atoms with Crippen molar-refractivity contribution in [2.24, 2.45) is 5.73 Å². The van der Waals surface area contributed by atoms with Crippen molar-refractivity contribution in [3.05, 3.63) is 59.4 Å². The number of rotatable bonds is 4. The van der Waals surface area contributed by atoms with E-state index >= 15 is 0 Å². The number of nitrogens with two attached hydrogens (primary N) is 1. The van der Waals surface area contributed by atoms with E-state index in [4.69, 9.17) is 5.73 Å². The molecule has 0 aliphatic carbocycles. The van der Waals surface area contributed by atoms with E-state index in [1.165, 1.54) is 0 Å². The highest BCUT2D eigenvalue weighted by Gasteiger charge is 2.27. The van der Waals surface area contributed by atoms with E-state index in [9.17, 15) is 9.59 Å². The Labute approximate surface area is 175 Å². The molecule has 2 aromatic heterocycles. The van der Waals surface area contributed by atoms with Crippen LogP contribution < -0.4 is 11.1 Å².